The Morgan fingerprint density at radius 1 is 1.38 bits per heavy atom. The van der Waals surface area contributed by atoms with Gasteiger partial charge >= 0.3 is 0 Å². The first-order valence-corrected chi connectivity index (χ1v) is 8.76. The number of nitrogens with one attached hydrogen (secondary N) is 1. The summed E-state index contributed by atoms with van der Waals surface area (Å²) in [5.74, 6) is -0.223. The molecule has 122 valence electrons. The van der Waals surface area contributed by atoms with Crippen LogP contribution < -0.4 is 5.32 Å². The number of amides is 1. The molecule has 0 aliphatic heterocycles. The van der Waals surface area contributed by atoms with E-state index in [1.54, 1.807) is 12.1 Å². The van der Waals surface area contributed by atoms with Gasteiger partial charge in [-0.2, -0.15) is 5.26 Å². The topological polar surface area (TPSA) is 65.8 Å². The Bertz CT molecular complexity index is 816. The number of aryl methyl sites for hydroxylation is 2. The van der Waals surface area contributed by atoms with Crippen molar-refractivity contribution in [2.75, 3.05) is 11.1 Å². The second-order valence-corrected chi connectivity index (χ2v) is 6.62. The first kappa shape index (κ1) is 16.5. The van der Waals surface area contributed by atoms with Crippen LogP contribution in [0.25, 0.3) is 0 Å². The Morgan fingerprint density at radius 2 is 2.21 bits per heavy atom. The molecule has 1 heterocycles. The van der Waals surface area contributed by atoms with Crippen molar-refractivity contribution in [3.8, 4) is 6.07 Å². The van der Waals surface area contributed by atoms with Crippen LogP contribution in [-0.2, 0) is 17.6 Å². The van der Waals surface area contributed by atoms with E-state index in [1.165, 1.54) is 23.9 Å². The third-order valence-electron chi connectivity index (χ3n) is 3.85. The summed E-state index contributed by atoms with van der Waals surface area (Å²) in [6, 6.07) is 10.2. The number of anilines is 1. The molecule has 0 bridgehead atoms. The Balaban J connectivity index is 1.58. The monoisotopic (exact) mass is 341 g/mol. The third kappa shape index (κ3) is 3.74. The highest BCUT2D eigenvalue weighted by molar-refractivity contribution is 7.99. The molecule has 0 spiro atoms. The third-order valence-corrected chi connectivity index (χ3v) is 4.85. The van der Waals surface area contributed by atoms with Crippen molar-refractivity contribution in [2.24, 2.45) is 0 Å². The Kier molecular flexibility index (Phi) is 5.11. The van der Waals surface area contributed by atoms with E-state index in [0.29, 0.717) is 16.3 Å². The zero-order valence-electron chi connectivity index (χ0n) is 13.0. The zero-order chi connectivity index (χ0) is 16.9. The van der Waals surface area contributed by atoms with Crippen LogP contribution in [0.1, 0.15) is 29.7 Å². The fourth-order valence-electron chi connectivity index (χ4n) is 2.66. The number of carbonyl (C=O) groups excluding carboxylic acids is 1. The fraction of sp³-hybridized carbons (Fsp3) is 0.278. The Labute approximate surface area is 144 Å². The van der Waals surface area contributed by atoms with Gasteiger partial charge in [-0.3, -0.25) is 4.79 Å². The van der Waals surface area contributed by atoms with Crippen LogP contribution in [0.4, 0.5) is 10.1 Å². The van der Waals surface area contributed by atoms with Crippen LogP contribution in [-0.4, -0.2) is 16.6 Å². The average molecular weight is 341 g/mol. The number of hydrogen-bond donors (Lipinski definition) is 1. The maximum absolute atomic E-state index is 13.5. The molecule has 1 amide bonds. The molecule has 1 aliphatic rings. The summed E-state index contributed by atoms with van der Waals surface area (Å²) in [6.07, 6.45) is 3.23. The van der Waals surface area contributed by atoms with Gasteiger partial charge in [0.1, 0.15) is 16.9 Å². The standard InChI is InChI=1S/C18H16FN3OS/c19-14-5-1-2-6-16(14)21-17(23)8-9-24-18-13(11-20)10-12-4-3-7-15(12)22-18/h1-2,5-6,10H,3-4,7-9H2,(H,21,23). The van der Waals surface area contributed by atoms with Crippen LogP contribution in [0.15, 0.2) is 35.4 Å². The molecular formula is C18H16FN3OS. The highest BCUT2D eigenvalue weighted by Gasteiger charge is 2.17. The van der Waals surface area contributed by atoms with Crippen molar-refractivity contribution in [3.05, 3.63) is 53.0 Å². The Hall–Kier alpha value is -2.39. The average Bonchev–Trinajstić information content (AvgIpc) is 3.03. The van der Waals surface area contributed by atoms with Crippen molar-refractivity contribution >= 4 is 23.4 Å². The summed E-state index contributed by atoms with van der Waals surface area (Å²) >= 11 is 1.39. The quantitative estimate of drug-likeness (QED) is 0.842. The van der Waals surface area contributed by atoms with Crippen molar-refractivity contribution in [2.45, 2.75) is 30.7 Å². The second-order valence-electron chi connectivity index (χ2n) is 5.54. The molecule has 1 N–H and O–H groups in total. The number of rotatable bonds is 5. The van der Waals surface area contributed by atoms with Crippen LogP contribution in [0, 0.1) is 17.1 Å². The SMILES string of the molecule is N#Cc1cc2c(nc1SCCC(=O)Nc1ccccc1F)CCC2. The smallest absolute Gasteiger partial charge is 0.225 e. The van der Waals surface area contributed by atoms with E-state index in [2.05, 4.69) is 16.4 Å². The summed E-state index contributed by atoms with van der Waals surface area (Å²) in [6.45, 7) is 0. The van der Waals surface area contributed by atoms with E-state index in [1.807, 2.05) is 6.07 Å². The molecule has 0 radical (unpaired) electrons. The van der Waals surface area contributed by atoms with Crippen LogP contribution in [0.5, 0.6) is 0 Å². The highest BCUT2D eigenvalue weighted by atomic mass is 32.2. The first-order chi connectivity index (χ1) is 11.7. The van der Waals surface area contributed by atoms with Crippen molar-refractivity contribution in [1.82, 2.24) is 4.98 Å². The molecule has 0 saturated heterocycles. The van der Waals surface area contributed by atoms with Gasteiger partial charge in [-0.15, -0.1) is 11.8 Å². The van der Waals surface area contributed by atoms with E-state index in [-0.39, 0.29) is 18.0 Å². The van der Waals surface area contributed by atoms with E-state index in [4.69, 9.17) is 0 Å². The molecule has 1 aliphatic carbocycles. The van der Waals surface area contributed by atoms with Crippen LogP contribution in [0.3, 0.4) is 0 Å². The van der Waals surface area contributed by atoms with Crippen LogP contribution in [0.2, 0.25) is 0 Å². The fourth-order valence-corrected chi connectivity index (χ4v) is 3.57. The Morgan fingerprint density at radius 3 is 3.00 bits per heavy atom. The molecule has 1 aromatic heterocycles. The van der Waals surface area contributed by atoms with Gasteiger partial charge in [-0.1, -0.05) is 12.1 Å². The molecule has 0 saturated carbocycles. The molecule has 4 nitrogen and oxygen atoms in total. The molecule has 0 fully saturated rings. The lowest BCUT2D eigenvalue weighted by molar-refractivity contribution is -0.115. The summed E-state index contributed by atoms with van der Waals surface area (Å²) in [7, 11) is 0. The van der Waals surface area contributed by atoms with E-state index >= 15 is 0 Å². The van der Waals surface area contributed by atoms with Gasteiger partial charge in [0.2, 0.25) is 5.91 Å². The normalized spacial score (nSPS) is 12.5. The number of halogens is 1. The van der Waals surface area contributed by atoms with Crippen molar-refractivity contribution in [3.63, 3.8) is 0 Å². The van der Waals surface area contributed by atoms with E-state index in [0.717, 1.165) is 30.5 Å². The lowest BCUT2D eigenvalue weighted by Crippen LogP contribution is -2.13. The number of benzene rings is 1. The predicted octanol–water partition coefficient (Wildman–Crippen LogP) is 3.70. The molecule has 0 atom stereocenters. The number of para-hydroxylation sites is 1. The molecule has 3 rings (SSSR count). The van der Waals surface area contributed by atoms with E-state index in [9.17, 15) is 14.4 Å². The molecular weight excluding hydrogens is 325 g/mol. The summed E-state index contributed by atoms with van der Waals surface area (Å²) < 4.78 is 13.5. The number of aromatic nitrogens is 1. The van der Waals surface area contributed by atoms with Crippen molar-refractivity contribution in [1.29, 1.82) is 5.26 Å². The predicted molar refractivity (Wildman–Crippen MR) is 91.3 cm³/mol. The zero-order valence-corrected chi connectivity index (χ0v) is 13.8. The molecule has 0 unspecified atom stereocenters. The molecule has 2 aromatic rings. The van der Waals surface area contributed by atoms with Crippen LogP contribution >= 0.6 is 11.8 Å². The first-order valence-electron chi connectivity index (χ1n) is 7.77. The lowest BCUT2D eigenvalue weighted by Gasteiger charge is -2.08. The number of thioether (sulfide) groups is 1. The number of fused-ring (bicyclic) bond motifs is 1. The van der Waals surface area contributed by atoms with Gasteiger partial charge < -0.3 is 5.32 Å². The number of nitrogens with zero attached hydrogens (tertiary/aromatic N) is 2. The number of carbonyl (C=O) groups is 1. The minimum absolute atomic E-state index is 0.181. The van der Waals surface area contributed by atoms with Gasteiger partial charge in [0.05, 0.1) is 11.3 Å². The summed E-state index contributed by atoms with van der Waals surface area (Å²) in [5.41, 5.74) is 2.97. The molecule has 1 aromatic carbocycles. The van der Waals surface area contributed by atoms with Gasteiger partial charge in [0.25, 0.3) is 0 Å². The lowest BCUT2D eigenvalue weighted by atomic mass is 10.2. The highest BCUT2D eigenvalue weighted by Crippen LogP contribution is 2.28. The van der Waals surface area contributed by atoms with Gasteiger partial charge in [-0.25, -0.2) is 9.37 Å². The minimum Gasteiger partial charge on any atom is -0.324 e. The summed E-state index contributed by atoms with van der Waals surface area (Å²) in [5, 5.41) is 12.5. The van der Waals surface area contributed by atoms with Gasteiger partial charge in [0.15, 0.2) is 0 Å². The minimum atomic E-state index is -0.453. The maximum Gasteiger partial charge on any atom is 0.225 e. The second kappa shape index (κ2) is 7.45. The number of nitriles is 1. The van der Waals surface area contributed by atoms with Crippen molar-refractivity contribution < 1.29 is 9.18 Å². The number of hydrogen-bond acceptors (Lipinski definition) is 4. The molecule has 6 heteroatoms. The van der Waals surface area contributed by atoms with E-state index < -0.39 is 5.82 Å². The molecule has 24 heavy (non-hydrogen) atoms. The number of pyridine rings is 1. The summed E-state index contributed by atoms with van der Waals surface area (Å²) in [4.78, 5) is 16.5. The maximum atomic E-state index is 13.5. The van der Waals surface area contributed by atoms with Gasteiger partial charge in [-0.05, 0) is 43.0 Å². The largest absolute Gasteiger partial charge is 0.324 e. The van der Waals surface area contributed by atoms with Gasteiger partial charge in [0, 0.05) is 17.9 Å².